The zero-order valence-corrected chi connectivity index (χ0v) is 18.5. The van der Waals surface area contributed by atoms with Crippen molar-refractivity contribution >= 4 is 16.9 Å². The van der Waals surface area contributed by atoms with Crippen molar-refractivity contribution < 1.29 is 18.7 Å². The van der Waals surface area contributed by atoms with E-state index in [1.807, 2.05) is 31.2 Å². The number of aromatic nitrogens is 1. The molecule has 4 aromatic rings. The van der Waals surface area contributed by atoms with Gasteiger partial charge in [0.1, 0.15) is 11.3 Å². The topological polar surface area (TPSA) is 80.4 Å². The molecule has 0 spiro atoms. The van der Waals surface area contributed by atoms with Gasteiger partial charge in [0.15, 0.2) is 5.43 Å². The second kappa shape index (κ2) is 9.36. The first-order valence-corrected chi connectivity index (χ1v) is 10.8. The third kappa shape index (κ3) is 4.85. The van der Waals surface area contributed by atoms with Crippen LogP contribution in [0.1, 0.15) is 52.7 Å². The average Bonchev–Trinajstić information content (AvgIpc) is 2.79. The fraction of sp³-hybridized carbons (Fsp3) is 0.222. The van der Waals surface area contributed by atoms with Crippen LogP contribution >= 0.6 is 0 Å². The van der Waals surface area contributed by atoms with E-state index in [1.165, 1.54) is 24.4 Å². The van der Waals surface area contributed by atoms with Crippen LogP contribution in [-0.4, -0.2) is 16.1 Å². The highest BCUT2D eigenvalue weighted by molar-refractivity contribution is 5.89. The summed E-state index contributed by atoms with van der Waals surface area (Å²) in [7, 11) is 0. The van der Waals surface area contributed by atoms with Gasteiger partial charge in [-0.1, -0.05) is 31.2 Å². The van der Waals surface area contributed by atoms with Gasteiger partial charge in [0.25, 0.3) is 0 Å². The minimum Gasteiger partial charge on any atom is -0.478 e. The second-order valence-electron chi connectivity index (χ2n) is 8.33. The first kappa shape index (κ1) is 22.4. The van der Waals surface area contributed by atoms with Gasteiger partial charge in [-0.25, -0.2) is 9.78 Å². The molecule has 0 aliphatic carbocycles. The maximum Gasteiger partial charge on any atom is 0.335 e. The summed E-state index contributed by atoms with van der Waals surface area (Å²) >= 11 is 0. The van der Waals surface area contributed by atoms with Crippen molar-refractivity contribution in [3.8, 4) is 11.3 Å². The van der Waals surface area contributed by atoms with Gasteiger partial charge in [0, 0.05) is 17.8 Å². The molecule has 0 saturated heterocycles. The lowest BCUT2D eigenvalue weighted by Crippen LogP contribution is -2.06. The molecule has 5 nitrogen and oxygen atoms in total. The molecule has 0 aliphatic rings. The highest BCUT2D eigenvalue weighted by Crippen LogP contribution is 2.32. The van der Waals surface area contributed by atoms with E-state index in [1.54, 1.807) is 12.1 Å². The SMILES string of the molecule is Cc1cc(C(C)CCCc2ccccc2C(=O)O)c2oc(-c3ccc(F)nc3)cc(=O)c2c1. The quantitative estimate of drug-likeness (QED) is 0.346. The van der Waals surface area contributed by atoms with Crippen molar-refractivity contribution in [1.29, 1.82) is 0 Å². The Morgan fingerprint density at radius 3 is 2.67 bits per heavy atom. The standard InChI is InChI=1S/C27H24FNO4/c1-16-12-21(17(2)6-5-8-18-7-3-4-9-20(18)27(31)32)26-22(13-16)23(30)14-24(33-26)19-10-11-25(28)29-15-19/h3-4,7,9-15,17H,5-6,8H2,1-2H3,(H,31,32). The van der Waals surface area contributed by atoms with Crippen LogP contribution in [-0.2, 0) is 6.42 Å². The normalized spacial score (nSPS) is 12.1. The number of nitrogens with zero attached hydrogens (tertiary/aromatic N) is 1. The number of carboxylic acid groups (broad SMARTS) is 1. The van der Waals surface area contributed by atoms with E-state index in [0.717, 1.165) is 29.5 Å². The summed E-state index contributed by atoms with van der Waals surface area (Å²) in [5.74, 6) is -1.11. The summed E-state index contributed by atoms with van der Waals surface area (Å²) in [5.41, 5.74) is 3.90. The molecule has 2 aromatic carbocycles. The molecule has 2 aromatic heterocycles. The van der Waals surface area contributed by atoms with Gasteiger partial charge >= 0.3 is 5.97 Å². The molecule has 0 aliphatic heterocycles. The minimum absolute atomic E-state index is 0.0779. The highest BCUT2D eigenvalue weighted by atomic mass is 19.1. The Morgan fingerprint density at radius 2 is 1.94 bits per heavy atom. The van der Waals surface area contributed by atoms with Crippen molar-refractivity contribution in [2.24, 2.45) is 0 Å². The molecule has 33 heavy (non-hydrogen) atoms. The predicted molar refractivity (Wildman–Crippen MR) is 125 cm³/mol. The summed E-state index contributed by atoms with van der Waals surface area (Å²) in [6, 6.07) is 15.0. The third-order valence-electron chi connectivity index (χ3n) is 5.88. The molecule has 1 unspecified atom stereocenters. The Hall–Kier alpha value is -3.80. The molecule has 6 heteroatoms. The summed E-state index contributed by atoms with van der Waals surface area (Å²) in [6.45, 7) is 4.01. The molecule has 0 saturated carbocycles. The van der Waals surface area contributed by atoms with Crippen LogP contribution in [0.25, 0.3) is 22.3 Å². The van der Waals surface area contributed by atoms with Gasteiger partial charge < -0.3 is 9.52 Å². The lowest BCUT2D eigenvalue weighted by atomic mass is 9.91. The van der Waals surface area contributed by atoms with Crippen molar-refractivity contribution in [3.63, 3.8) is 0 Å². The number of aryl methyl sites for hydroxylation is 2. The molecular weight excluding hydrogens is 421 g/mol. The third-order valence-corrected chi connectivity index (χ3v) is 5.88. The molecule has 0 fully saturated rings. The number of carboxylic acids is 1. The van der Waals surface area contributed by atoms with Gasteiger partial charge in [-0.2, -0.15) is 4.39 Å². The molecule has 0 radical (unpaired) electrons. The van der Waals surface area contributed by atoms with Crippen LogP contribution in [0, 0.1) is 12.9 Å². The van der Waals surface area contributed by atoms with Gasteiger partial charge in [-0.15, -0.1) is 0 Å². The highest BCUT2D eigenvalue weighted by Gasteiger charge is 2.17. The number of aromatic carboxylic acids is 1. The summed E-state index contributed by atoms with van der Waals surface area (Å²) in [5, 5.41) is 9.90. The number of rotatable bonds is 7. The van der Waals surface area contributed by atoms with E-state index in [-0.39, 0.29) is 11.3 Å². The van der Waals surface area contributed by atoms with Gasteiger partial charge in [-0.3, -0.25) is 4.79 Å². The number of hydrogen-bond acceptors (Lipinski definition) is 4. The Balaban J connectivity index is 1.64. The van der Waals surface area contributed by atoms with Crippen LogP contribution in [0.3, 0.4) is 0 Å². The molecule has 0 bridgehead atoms. The van der Waals surface area contributed by atoms with Crippen molar-refractivity contribution in [3.05, 3.63) is 99.2 Å². The van der Waals surface area contributed by atoms with Crippen molar-refractivity contribution in [2.45, 2.75) is 39.0 Å². The number of fused-ring (bicyclic) bond motifs is 1. The van der Waals surface area contributed by atoms with Crippen LogP contribution < -0.4 is 5.43 Å². The largest absolute Gasteiger partial charge is 0.478 e. The Labute approximate surface area is 190 Å². The molecule has 168 valence electrons. The van der Waals surface area contributed by atoms with E-state index in [0.29, 0.717) is 34.3 Å². The Bertz CT molecular complexity index is 1380. The van der Waals surface area contributed by atoms with E-state index in [9.17, 15) is 19.1 Å². The monoisotopic (exact) mass is 445 g/mol. The number of hydrogen-bond donors (Lipinski definition) is 1. The number of benzene rings is 2. The zero-order valence-electron chi connectivity index (χ0n) is 18.5. The predicted octanol–water partition coefficient (Wildman–Crippen LogP) is 6.13. The molecule has 0 amide bonds. The lowest BCUT2D eigenvalue weighted by Gasteiger charge is -2.16. The van der Waals surface area contributed by atoms with Crippen LogP contribution in [0.5, 0.6) is 0 Å². The number of halogens is 1. The van der Waals surface area contributed by atoms with Gasteiger partial charge in [0.2, 0.25) is 5.95 Å². The first-order chi connectivity index (χ1) is 15.8. The zero-order chi connectivity index (χ0) is 23.5. The minimum atomic E-state index is -0.923. The maximum absolute atomic E-state index is 13.2. The second-order valence-corrected chi connectivity index (χ2v) is 8.33. The molecule has 2 heterocycles. The fourth-order valence-corrected chi connectivity index (χ4v) is 4.17. The van der Waals surface area contributed by atoms with E-state index >= 15 is 0 Å². The molecule has 1 atom stereocenters. The summed E-state index contributed by atoms with van der Waals surface area (Å²) < 4.78 is 19.4. The van der Waals surface area contributed by atoms with Gasteiger partial charge in [0.05, 0.1) is 10.9 Å². The van der Waals surface area contributed by atoms with E-state index < -0.39 is 11.9 Å². The van der Waals surface area contributed by atoms with E-state index in [4.69, 9.17) is 4.42 Å². The molecule has 4 rings (SSSR count). The number of pyridine rings is 1. The Morgan fingerprint density at radius 1 is 1.15 bits per heavy atom. The lowest BCUT2D eigenvalue weighted by molar-refractivity contribution is 0.0695. The van der Waals surface area contributed by atoms with Gasteiger partial charge in [-0.05, 0) is 73.1 Å². The van der Waals surface area contributed by atoms with Crippen molar-refractivity contribution in [2.75, 3.05) is 0 Å². The molecular formula is C27H24FNO4. The number of carbonyl (C=O) groups is 1. The van der Waals surface area contributed by atoms with Crippen molar-refractivity contribution in [1.82, 2.24) is 4.98 Å². The van der Waals surface area contributed by atoms with Crippen LogP contribution in [0.4, 0.5) is 4.39 Å². The summed E-state index contributed by atoms with van der Waals surface area (Å²) in [4.78, 5) is 28.0. The fourth-order valence-electron chi connectivity index (χ4n) is 4.17. The maximum atomic E-state index is 13.2. The Kier molecular flexibility index (Phi) is 6.36. The molecule has 1 N–H and O–H groups in total. The average molecular weight is 445 g/mol. The van der Waals surface area contributed by atoms with Crippen LogP contribution in [0.2, 0.25) is 0 Å². The smallest absolute Gasteiger partial charge is 0.335 e. The summed E-state index contributed by atoms with van der Waals surface area (Å²) in [6.07, 6.45) is 3.56. The van der Waals surface area contributed by atoms with E-state index in [2.05, 4.69) is 11.9 Å². The first-order valence-electron chi connectivity index (χ1n) is 10.8. The van der Waals surface area contributed by atoms with Crippen LogP contribution in [0.15, 0.2) is 70.0 Å².